The van der Waals surface area contributed by atoms with Crippen molar-refractivity contribution in [2.75, 3.05) is 0 Å². The molecule has 1 aliphatic rings. The maximum absolute atomic E-state index is 11.6. The highest BCUT2D eigenvalue weighted by Gasteiger charge is 2.40. The zero-order valence-corrected chi connectivity index (χ0v) is 8.71. The van der Waals surface area contributed by atoms with Crippen molar-refractivity contribution in [3.63, 3.8) is 0 Å². The molecule has 0 saturated heterocycles. The van der Waals surface area contributed by atoms with E-state index in [1.807, 2.05) is 30.5 Å². The molecular weight excluding hydrogens is 186 g/mol. The lowest BCUT2D eigenvalue weighted by molar-refractivity contribution is 0.790. The number of benzene rings is 1. The van der Waals surface area contributed by atoms with Gasteiger partial charge in [-0.25, -0.2) is 0 Å². The van der Waals surface area contributed by atoms with Crippen LogP contribution >= 0.6 is 0 Å². The summed E-state index contributed by atoms with van der Waals surface area (Å²) >= 11 is 0. The third-order valence-corrected chi connectivity index (χ3v) is 3.46. The quantitative estimate of drug-likeness (QED) is 0.752. The molecule has 0 amide bonds. The topological polar surface area (TPSA) is 32.9 Å². The Labute approximate surface area is 87.9 Å². The predicted octanol–water partition coefficient (Wildman–Crippen LogP) is 2.58. The van der Waals surface area contributed by atoms with Crippen LogP contribution in [0.5, 0.6) is 0 Å². The Kier molecular flexibility index (Phi) is 1.58. The molecule has 1 fully saturated rings. The molecule has 15 heavy (non-hydrogen) atoms. The van der Waals surface area contributed by atoms with E-state index in [-0.39, 0.29) is 5.56 Å². The SMILES string of the molecule is CC1(c2c[nH]c(=O)c3ccccc23)CC1. The monoisotopic (exact) mass is 199 g/mol. The summed E-state index contributed by atoms with van der Waals surface area (Å²) < 4.78 is 0. The van der Waals surface area contributed by atoms with Crippen molar-refractivity contribution in [1.82, 2.24) is 4.98 Å². The van der Waals surface area contributed by atoms with Gasteiger partial charge in [-0.05, 0) is 35.3 Å². The van der Waals surface area contributed by atoms with Gasteiger partial charge in [-0.15, -0.1) is 0 Å². The highest BCUT2D eigenvalue weighted by Crippen LogP contribution is 2.49. The molecule has 0 atom stereocenters. The number of rotatable bonds is 1. The molecule has 0 aliphatic heterocycles. The first kappa shape index (κ1) is 8.72. The van der Waals surface area contributed by atoms with E-state index in [1.165, 1.54) is 18.4 Å². The summed E-state index contributed by atoms with van der Waals surface area (Å²) in [5.41, 5.74) is 1.60. The first-order valence-electron chi connectivity index (χ1n) is 5.32. The number of hydrogen-bond acceptors (Lipinski definition) is 1. The highest BCUT2D eigenvalue weighted by molar-refractivity contribution is 5.85. The van der Waals surface area contributed by atoms with Gasteiger partial charge >= 0.3 is 0 Å². The van der Waals surface area contributed by atoms with Crippen LogP contribution in [0.2, 0.25) is 0 Å². The number of nitrogens with one attached hydrogen (secondary N) is 1. The zero-order valence-electron chi connectivity index (χ0n) is 8.71. The molecule has 1 saturated carbocycles. The number of aromatic amines is 1. The molecule has 1 aromatic heterocycles. The van der Waals surface area contributed by atoms with Gasteiger partial charge in [-0.2, -0.15) is 0 Å². The summed E-state index contributed by atoms with van der Waals surface area (Å²) in [6.07, 6.45) is 4.34. The first-order chi connectivity index (χ1) is 7.21. The number of pyridine rings is 1. The fourth-order valence-corrected chi connectivity index (χ4v) is 2.17. The van der Waals surface area contributed by atoms with Gasteiger partial charge in [0.15, 0.2) is 0 Å². The first-order valence-corrected chi connectivity index (χ1v) is 5.32. The van der Waals surface area contributed by atoms with E-state index in [0.717, 1.165) is 10.8 Å². The van der Waals surface area contributed by atoms with E-state index < -0.39 is 0 Å². The molecule has 0 unspecified atom stereocenters. The molecule has 1 aromatic carbocycles. The van der Waals surface area contributed by atoms with Crippen molar-refractivity contribution in [1.29, 1.82) is 0 Å². The maximum Gasteiger partial charge on any atom is 0.255 e. The lowest BCUT2D eigenvalue weighted by atomic mass is 9.95. The summed E-state index contributed by atoms with van der Waals surface area (Å²) in [7, 11) is 0. The van der Waals surface area contributed by atoms with Crippen LogP contribution in [0, 0.1) is 0 Å². The molecule has 3 rings (SSSR count). The Hall–Kier alpha value is -1.57. The Balaban J connectivity index is 2.41. The second-order valence-corrected chi connectivity index (χ2v) is 4.64. The zero-order chi connectivity index (χ0) is 10.5. The average molecular weight is 199 g/mol. The molecule has 76 valence electrons. The van der Waals surface area contributed by atoms with E-state index in [9.17, 15) is 4.79 Å². The van der Waals surface area contributed by atoms with Crippen molar-refractivity contribution in [2.24, 2.45) is 0 Å². The number of aromatic nitrogens is 1. The predicted molar refractivity (Wildman–Crippen MR) is 61.2 cm³/mol. The van der Waals surface area contributed by atoms with Crippen LogP contribution < -0.4 is 5.56 Å². The molecule has 2 aromatic rings. The second kappa shape index (κ2) is 2.72. The third kappa shape index (κ3) is 1.21. The normalized spacial score (nSPS) is 17.9. The van der Waals surface area contributed by atoms with Gasteiger partial charge in [-0.3, -0.25) is 4.79 Å². The number of fused-ring (bicyclic) bond motifs is 1. The molecule has 1 N–H and O–H groups in total. The van der Waals surface area contributed by atoms with Crippen molar-refractivity contribution in [3.05, 3.63) is 46.4 Å². The Bertz CT molecular complexity index is 578. The Morgan fingerprint density at radius 1 is 1.20 bits per heavy atom. The van der Waals surface area contributed by atoms with Crippen LogP contribution in [0.4, 0.5) is 0 Å². The molecule has 2 nitrogen and oxygen atoms in total. The van der Waals surface area contributed by atoms with Crippen LogP contribution in [-0.2, 0) is 5.41 Å². The van der Waals surface area contributed by atoms with Crippen molar-refractivity contribution in [2.45, 2.75) is 25.2 Å². The van der Waals surface area contributed by atoms with Crippen LogP contribution in [0.3, 0.4) is 0 Å². The van der Waals surface area contributed by atoms with E-state index in [0.29, 0.717) is 5.41 Å². The summed E-state index contributed by atoms with van der Waals surface area (Å²) in [4.78, 5) is 14.5. The standard InChI is InChI=1S/C13H13NO/c1-13(6-7-13)11-8-14-12(15)10-5-3-2-4-9(10)11/h2-5,8H,6-7H2,1H3,(H,14,15). The largest absolute Gasteiger partial charge is 0.328 e. The number of H-pyrrole nitrogens is 1. The lowest BCUT2D eigenvalue weighted by Crippen LogP contribution is -2.10. The third-order valence-electron chi connectivity index (χ3n) is 3.46. The highest BCUT2D eigenvalue weighted by atomic mass is 16.1. The van der Waals surface area contributed by atoms with Gasteiger partial charge < -0.3 is 4.98 Å². The Morgan fingerprint density at radius 3 is 2.53 bits per heavy atom. The average Bonchev–Trinajstić information content (AvgIpc) is 2.98. The van der Waals surface area contributed by atoms with Crippen LogP contribution in [0.1, 0.15) is 25.3 Å². The fraction of sp³-hybridized carbons (Fsp3) is 0.308. The van der Waals surface area contributed by atoms with E-state index in [1.54, 1.807) is 0 Å². The van der Waals surface area contributed by atoms with Crippen LogP contribution in [-0.4, -0.2) is 4.98 Å². The van der Waals surface area contributed by atoms with Gasteiger partial charge in [0.05, 0.1) is 0 Å². The molecule has 0 radical (unpaired) electrons. The molecule has 1 heterocycles. The molecule has 1 aliphatic carbocycles. The van der Waals surface area contributed by atoms with E-state index in [4.69, 9.17) is 0 Å². The molecule has 0 spiro atoms. The maximum atomic E-state index is 11.6. The van der Waals surface area contributed by atoms with Crippen molar-refractivity contribution < 1.29 is 0 Å². The second-order valence-electron chi connectivity index (χ2n) is 4.64. The van der Waals surface area contributed by atoms with Gasteiger partial charge in [0.2, 0.25) is 0 Å². The smallest absolute Gasteiger partial charge is 0.255 e. The molecular formula is C13H13NO. The molecule has 2 heteroatoms. The lowest BCUT2D eigenvalue weighted by Gasteiger charge is -2.11. The van der Waals surface area contributed by atoms with Gasteiger partial charge in [0.1, 0.15) is 0 Å². The van der Waals surface area contributed by atoms with Gasteiger partial charge in [0.25, 0.3) is 5.56 Å². The molecule has 0 bridgehead atoms. The van der Waals surface area contributed by atoms with E-state index >= 15 is 0 Å². The number of hydrogen-bond donors (Lipinski definition) is 1. The summed E-state index contributed by atoms with van der Waals surface area (Å²) in [6, 6.07) is 7.85. The summed E-state index contributed by atoms with van der Waals surface area (Å²) in [5, 5.41) is 1.92. The van der Waals surface area contributed by atoms with Crippen LogP contribution in [0.25, 0.3) is 10.8 Å². The summed E-state index contributed by atoms with van der Waals surface area (Å²) in [6.45, 7) is 2.26. The fourth-order valence-electron chi connectivity index (χ4n) is 2.17. The minimum absolute atomic E-state index is 0.0126. The van der Waals surface area contributed by atoms with Gasteiger partial charge in [-0.1, -0.05) is 25.1 Å². The van der Waals surface area contributed by atoms with Gasteiger partial charge in [0, 0.05) is 11.6 Å². The van der Waals surface area contributed by atoms with Crippen molar-refractivity contribution >= 4 is 10.8 Å². The van der Waals surface area contributed by atoms with Crippen LogP contribution in [0.15, 0.2) is 35.3 Å². The Morgan fingerprint density at radius 2 is 1.87 bits per heavy atom. The van der Waals surface area contributed by atoms with E-state index in [2.05, 4.69) is 11.9 Å². The summed E-state index contributed by atoms with van der Waals surface area (Å²) in [5.74, 6) is 0. The minimum Gasteiger partial charge on any atom is -0.328 e. The van der Waals surface area contributed by atoms with Crippen molar-refractivity contribution in [3.8, 4) is 0 Å². The minimum atomic E-state index is 0.0126.